The van der Waals surface area contributed by atoms with Crippen LogP contribution in [0.25, 0.3) is 17.1 Å². The molecule has 3 aromatic rings. The number of nitrogens with one attached hydrogen (secondary N) is 1. The molecular weight excluding hydrogens is 350 g/mol. The summed E-state index contributed by atoms with van der Waals surface area (Å²) in [4.78, 5) is 32.5. The lowest BCUT2D eigenvalue weighted by atomic mass is 9.91. The zero-order valence-corrected chi connectivity index (χ0v) is 15.1. The van der Waals surface area contributed by atoms with E-state index in [-0.39, 0.29) is 29.1 Å². The number of furan rings is 1. The molecule has 2 amide bonds. The molecule has 0 unspecified atom stereocenters. The fraction of sp³-hybridized carbons (Fsp3) is 0.333. The minimum absolute atomic E-state index is 0.0213. The summed E-state index contributed by atoms with van der Waals surface area (Å²) in [6.45, 7) is 4.21. The average Bonchev–Trinajstić information content (AvgIpc) is 3.30. The minimum Gasteiger partial charge on any atom is -0.463 e. The van der Waals surface area contributed by atoms with Gasteiger partial charge in [0.1, 0.15) is 12.0 Å². The molecular formula is C18H21N5O4. The Morgan fingerprint density at radius 2 is 2.19 bits per heavy atom. The van der Waals surface area contributed by atoms with Gasteiger partial charge in [0.15, 0.2) is 17.1 Å². The van der Waals surface area contributed by atoms with Gasteiger partial charge in [-0.1, -0.05) is 13.8 Å². The van der Waals surface area contributed by atoms with Gasteiger partial charge in [-0.2, -0.15) is 0 Å². The molecule has 0 bridgehead atoms. The van der Waals surface area contributed by atoms with E-state index in [1.807, 2.05) is 13.8 Å². The molecule has 3 aromatic heterocycles. The molecule has 0 aliphatic carbocycles. The first kappa shape index (κ1) is 18.6. The number of fused-ring (bicyclic) bond motifs is 1. The SMILES string of the molecule is CC(C)(CO)CCNC(=O)c1cc(-c2ccco2)n2cnc(C(N)=O)c2n1. The number of carbonyl (C=O) groups excluding carboxylic acids is 2. The first-order chi connectivity index (χ1) is 12.8. The van der Waals surface area contributed by atoms with Crippen LogP contribution in [0.5, 0.6) is 0 Å². The Labute approximate surface area is 155 Å². The van der Waals surface area contributed by atoms with E-state index < -0.39 is 11.8 Å². The molecule has 9 heteroatoms. The molecule has 0 fully saturated rings. The van der Waals surface area contributed by atoms with Crippen molar-refractivity contribution < 1.29 is 19.1 Å². The number of aromatic nitrogens is 3. The highest BCUT2D eigenvalue weighted by Crippen LogP contribution is 2.23. The number of nitrogens with two attached hydrogens (primary N) is 1. The van der Waals surface area contributed by atoms with Crippen LogP contribution in [-0.2, 0) is 0 Å². The second kappa shape index (κ2) is 7.20. The van der Waals surface area contributed by atoms with E-state index in [0.29, 0.717) is 24.4 Å². The number of primary amides is 1. The predicted molar refractivity (Wildman–Crippen MR) is 97.0 cm³/mol. The Hall–Kier alpha value is -3.20. The number of amides is 2. The number of carbonyl (C=O) groups is 2. The van der Waals surface area contributed by atoms with Crippen LogP contribution in [0.1, 0.15) is 41.2 Å². The maximum absolute atomic E-state index is 12.6. The van der Waals surface area contributed by atoms with Gasteiger partial charge in [0.2, 0.25) is 0 Å². The first-order valence-electron chi connectivity index (χ1n) is 8.43. The largest absolute Gasteiger partial charge is 0.463 e. The Morgan fingerprint density at radius 3 is 2.81 bits per heavy atom. The predicted octanol–water partition coefficient (Wildman–Crippen LogP) is 1.23. The lowest BCUT2D eigenvalue weighted by Crippen LogP contribution is -2.30. The topological polar surface area (TPSA) is 136 Å². The molecule has 0 aliphatic heterocycles. The van der Waals surface area contributed by atoms with E-state index in [2.05, 4.69) is 15.3 Å². The summed E-state index contributed by atoms with van der Waals surface area (Å²) < 4.78 is 6.97. The van der Waals surface area contributed by atoms with Crippen LogP contribution in [0.15, 0.2) is 35.2 Å². The monoisotopic (exact) mass is 371 g/mol. The van der Waals surface area contributed by atoms with Crippen LogP contribution < -0.4 is 11.1 Å². The van der Waals surface area contributed by atoms with E-state index in [1.54, 1.807) is 22.6 Å². The van der Waals surface area contributed by atoms with Gasteiger partial charge in [0.05, 0.1) is 12.0 Å². The number of hydrogen-bond acceptors (Lipinski definition) is 6. The van der Waals surface area contributed by atoms with E-state index in [4.69, 9.17) is 10.2 Å². The third kappa shape index (κ3) is 3.82. The van der Waals surface area contributed by atoms with Crippen molar-refractivity contribution in [1.29, 1.82) is 0 Å². The number of hydrogen-bond donors (Lipinski definition) is 3. The van der Waals surface area contributed by atoms with E-state index in [0.717, 1.165) is 0 Å². The Balaban J connectivity index is 1.96. The van der Waals surface area contributed by atoms with Gasteiger partial charge in [-0.25, -0.2) is 9.97 Å². The number of aliphatic hydroxyl groups excluding tert-OH is 1. The quantitative estimate of drug-likeness (QED) is 0.571. The molecule has 0 saturated carbocycles. The lowest BCUT2D eigenvalue weighted by Gasteiger charge is -2.21. The van der Waals surface area contributed by atoms with Crippen molar-refractivity contribution in [1.82, 2.24) is 19.7 Å². The van der Waals surface area contributed by atoms with E-state index in [9.17, 15) is 14.7 Å². The van der Waals surface area contributed by atoms with Gasteiger partial charge in [-0.3, -0.25) is 14.0 Å². The molecule has 0 aliphatic rings. The Bertz CT molecular complexity index is 975. The van der Waals surface area contributed by atoms with Crippen LogP contribution in [0, 0.1) is 5.41 Å². The highest BCUT2D eigenvalue weighted by Gasteiger charge is 2.21. The highest BCUT2D eigenvalue weighted by molar-refractivity contribution is 5.99. The van der Waals surface area contributed by atoms with Crippen molar-refractivity contribution in [3.8, 4) is 11.5 Å². The third-order valence-electron chi connectivity index (χ3n) is 4.26. The molecule has 0 aromatic carbocycles. The van der Waals surface area contributed by atoms with Gasteiger partial charge in [0, 0.05) is 13.2 Å². The molecule has 0 atom stereocenters. The lowest BCUT2D eigenvalue weighted by molar-refractivity contribution is 0.0932. The maximum Gasteiger partial charge on any atom is 0.271 e. The van der Waals surface area contributed by atoms with Crippen molar-refractivity contribution in [2.75, 3.05) is 13.2 Å². The van der Waals surface area contributed by atoms with Crippen molar-refractivity contribution in [3.05, 3.63) is 42.2 Å². The van der Waals surface area contributed by atoms with Gasteiger partial charge in [-0.15, -0.1) is 0 Å². The first-order valence-corrected chi connectivity index (χ1v) is 8.43. The summed E-state index contributed by atoms with van der Waals surface area (Å²) in [5, 5.41) is 12.1. The number of rotatable bonds is 7. The van der Waals surface area contributed by atoms with Gasteiger partial charge >= 0.3 is 0 Å². The summed E-state index contributed by atoms with van der Waals surface area (Å²) in [6.07, 6.45) is 3.51. The van der Waals surface area contributed by atoms with Crippen molar-refractivity contribution in [2.45, 2.75) is 20.3 Å². The van der Waals surface area contributed by atoms with Crippen LogP contribution in [0.3, 0.4) is 0 Å². The zero-order chi connectivity index (χ0) is 19.6. The standard InChI is InChI=1S/C18H21N5O4/c1-18(2,9-24)5-6-20-17(26)11-8-12(13-4-3-7-27-13)23-10-21-14(15(19)25)16(23)22-11/h3-4,7-8,10,24H,5-6,9H2,1-2H3,(H2,19,25)(H,20,26). The molecule has 9 nitrogen and oxygen atoms in total. The summed E-state index contributed by atoms with van der Waals surface area (Å²) in [7, 11) is 0. The zero-order valence-electron chi connectivity index (χ0n) is 15.1. The molecule has 3 rings (SSSR count). The van der Waals surface area contributed by atoms with Crippen molar-refractivity contribution in [3.63, 3.8) is 0 Å². The fourth-order valence-corrected chi connectivity index (χ4v) is 2.56. The van der Waals surface area contributed by atoms with Gasteiger partial charge in [-0.05, 0) is 30.0 Å². The highest BCUT2D eigenvalue weighted by atomic mass is 16.3. The van der Waals surface area contributed by atoms with Crippen molar-refractivity contribution in [2.24, 2.45) is 11.1 Å². The summed E-state index contributed by atoms with van der Waals surface area (Å²) >= 11 is 0. The van der Waals surface area contributed by atoms with E-state index >= 15 is 0 Å². The van der Waals surface area contributed by atoms with Crippen molar-refractivity contribution >= 4 is 17.5 Å². The number of nitrogens with zero attached hydrogens (tertiary/aromatic N) is 3. The van der Waals surface area contributed by atoms with Crippen LogP contribution in [0.2, 0.25) is 0 Å². The Kier molecular flexibility index (Phi) is 4.95. The minimum atomic E-state index is -0.738. The molecule has 0 saturated heterocycles. The average molecular weight is 371 g/mol. The molecule has 0 spiro atoms. The molecule has 4 N–H and O–H groups in total. The second-order valence-electron chi connectivity index (χ2n) is 6.98. The normalized spacial score (nSPS) is 11.7. The summed E-state index contributed by atoms with van der Waals surface area (Å²) in [5.41, 5.74) is 5.84. The molecule has 3 heterocycles. The molecule has 142 valence electrons. The van der Waals surface area contributed by atoms with E-state index in [1.165, 1.54) is 12.6 Å². The maximum atomic E-state index is 12.6. The number of imidazole rings is 1. The second-order valence-corrected chi connectivity index (χ2v) is 6.98. The van der Waals surface area contributed by atoms with Crippen LogP contribution in [-0.4, -0.2) is 44.4 Å². The van der Waals surface area contributed by atoms with Crippen LogP contribution in [0.4, 0.5) is 0 Å². The smallest absolute Gasteiger partial charge is 0.271 e. The Morgan fingerprint density at radius 1 is 1.41 bits per heavy atom. The summed E-state index contributed by atoms with van der Waals surface area (Å²) in [6, 6.07) is 5.00. The van der Waals surface area contributed by atoms with Gasteiger partial charge < -0.3 is 20.6 Å². The number of aliphatic hydroxyl groups is 1. The molecule has 0 radical (unpaired) electrons. The summed E-state index contributed by atoms with van der Waals surface area (Å²) in [5.74, 6) is -0.653. The van der Waals surface area contributed by atoms with Gasteiger partial charge in [0.25, 0.3) is 11.8 Å². The molecule has 27 heavy (non-hydrogen) atoms. The fourth-order valence-electron chi connectivity index (χ4n) is 2.56. The third-order valence-corrected chi connectivity index (χ3v) is 4.26. The van der Waals surface area contributed by atoms with Crippen LogP contribution >= 0.6 is 0 Å².